The molecule has 0 amide bonds. The Morgan fingerprint density at radius 1 is 1.25 bits per heavy atom. The molecule has 0 fully saturated rings. The van der Waals surface area contributed by atoms with Gasteiger partial charge in [-0.1, -0.05) is 23.2 Å². The van der Waals surface area contributed by atoms with E-state index in [1.54, 1.807) is 12.4 Å². The first-order chi connectivity index (χ1) is 9.72. The van der Waals surface area contributed by atoms with Crippen LogP contribution >= 0.6 is 34.5 Å². The lowest BCUT2D eigenvalue weighted by atomic mass is 10.1. The van der Waals surface area contributed by atoms with E-state index in [2.05, 4.69) is 15.3 Å². The summed E-state index contributed by atoms with van der Waals surface area (Å²) < 4.78 is 5.81. The van der Waals surface area contributed by atoms with Gasteiger partial charge in [0.05, 0.1) is 17.8 Å². The molecule has 0 radical (unpaired) electrons. The summed E-state index contributed by atoms with van der Waals surface area (Å²) in [6.45, 7) is 0.655. The van der Waals surface area contributed by atoms with Crippen molar-refractivity contribution in [3.63, 3.8) is 0 Å². The lowest BCUT2D eigenvalue weighted by Crippen LogP contribution is -1.97. The summed E-state index contributed by atoms with van der Waals surface area (Å²) in [4.78, 5) is 8.96. The molecule has 0 aliphatic heterocycles. The Morgan fingerprint density at radius 3 is 2.85 bits per heavy atom. The van der Waals surface area contributed by atoms with Gasteiger partial charge in [-0.2, -0.15) is 0 Å². The second-order valence-corrected chi connectivity index (χ2v) is 6.10. The van der Waals surface area contributed by atoms with Gasteiger partial charge in [-0.05, 0) is 18.2 Å². The van der Waals surface area contributed by atoms with Gasteiger partial charge in [-0.25, -0.2) is 9.97 Å². The number of oxazole rings is 1. The molecule has 20 heavy (non-hydrogen) atoms. The maximum Gasteiger partial charge on any atom is 0.183 e. The summed E-state index contributed by atoms with van der Waals surface area (Å²) in [6.07, 6.45) is 4.77. The molecule has 7 heteroatoms. The van der Waals surface area contributed by atoms with E-state index in [9.17, 15) is 0 Å². The second-order valence-electron chi connectivity index (χ2n) is 3.99. The summed E-state index contributed by atoms with van der Waals surface area (Å²) in [6, 6.07) is 5.65. The average Bonchev–Trinajstić information content (AvgIpc) is 3.09. The quantitative estimate of drug-likeness (QED) is 0.754. The van der Waals surface area contributed by atoms with Crippen molar-refractivity contribution in [1.29, 1.82) is 0 Å². The Bertz CT molecular complexity index is 712. The molecule has 3 rings (SSSR count). The molecule has 0 aliphatic rings. The number of benzene rings is 1. The van der Waals surface area contributed by atoms with Crippen LogP contribution in [0.4, 0.5) is 5.69 Å². The highest BCUT2D eigenvalue weighted by Crippen LogP contribution is 2.30. The molecule has 102 valence electrons. The molecule has 0 unspecified atom stereocenters. The standard InChI is InChI=1S/C13H9Cl2N3OS/c14-11-2-1-8(3-10(11)12-6-16-7-19-12)17-4-9-5-18-13(15)20-9/h1-3,5-7,17H,4H2. The summed E-state index contributed by atoms with van der Waals surface area (Å²) in [5, 5.41) is 3.91. The maximum atomic E-state index is 6.17. The molecule has 2 aromatic heterocycles. The minimum Gasteiger partial charge on any atom is -0.443 e. The second kappa shape index (κ2) is 5.83. The van der Waals surface area contributed by atoms with Crippen molar-refractivity contribution in [2.45, 2.75) is 6.54 Å². The van der Waals surface area contributed by atoms with Crippen LogP contribution in [0.3, 0.4) is 0 Å². The van der Waals surface area contributed by atoms with Crippen molar-refractivity contribution < 1.29 is 4.42 Å². The van der Waals surface area contributed by atoms with Gasteiger partial charge in [0.25, 0.3) is 0 Å². The van der Waals surface area contributed by atoms with Crippen LogP contribution in [0.5, 0.6) is 0 Å². The van der Waals surface area contributed by atoms with Gasteiger partial charge in [0.2, 0.25) is 0 Å². The van der Waals surface area contributed by atoms with Crippen LogP contribution < -0.4 is 5.32 Å². The number of halogens is 2. The minimum absolute atomic E-state index is 0.542. The molecule has 3 aromatic rings. The molecule has 4 nitrogen and oxygen atoms in total. The molecular formula is C13H9Cl2N3OS. The van der Waals surface area contributed by atoms with Crippen molar-refractivity contribution in [2.24, 2.45) is 0 Å². The Hall–Kier alpha value is -1.56. The van der Waals surface area contributed by atoms with Gasteiger partial charge >= 0.3 is 0 Å². The molecular weight excluding hydrogens is 317 g/mol. The smallest absolute Gasteiger partial charge is 0.183 e. The van der Waals surface area contributed by atoms with Gasteiger partial charge < -0.3 is 9.73 Å². The van der Waals surface area contributed by atoms with Crippen LogP contribution in [0.25, 0.3) is 11.3 Å². The first-order valence-corrected chi connectivity index (χ1v) is 7.32. The Labute approximate surface area is 129 Å². The number of nitrogens with zero attached hydrogens (tertiary/aromatic N) is 2. The third-order valence-corrected chi connectivity index (χ3v) is 4.10. The van der Waals surface area contributed by atoms with Crippen LogP contribution in [-0.4, -0.2) is 9.97 Å². The Balaban J connectivity index is 1.79. The zero-order valence-electron chi connectivity index (χ0n) is 10.1. The van der Waals surface area contributed by atoms with Crippen molar-refractivity contribution in [1.82, 2.24) is 9.97 Å². The third kappa shape index (κ3) is 2.95. The highest BCUT2D eigenvalue weighted by Gasteiger charge is 2.08. The SMILES string of the molecule is Clc1ncc(CNc2ccc(Cl)c(-c3cnco3)c2)s1. The maximum absolute atomic E-state index is 6.17. The van der Waals surface area contributed by atoms with Gasteiger partial charge in [0, 0.05) is 22.3 Å². The number of anilines is 1. The number of thiazole rings is 1. The fraction of sp³-hybridized carbons (Fsp3) is 0.0769. The zero-order valence-corrected chi connectivity index (χ0v) is 12.5. The van der Waals surface area contributed by atoms with E-state index in [0.717, 1.165) is 16.1 Å². The van der Waals surface area contributed by atoms with E-state index >= 15 is 0 Å². The molecule has 2 heterocycles. The predicted octanol–water partition coefficient (Wildman–Crippen LogP) is 4.72. The molecule has 0 bridgehead atoms. The van der Waals surface area contributed by atoms with E-state index < -0.39 is 0 Å². The normalized spacial score (nSPS) is 10.7. The van der Waals surface area contributed by atoms with Crippen molar-refractivity contribution in [3.05, 3.63) is 51.4 Å². The van der Waals surface area contributed by atoms with E-state index in [0.29, 0.717) is 21.8 Å². The number of aromatic nitrogens is 2. The molecule has 0 aliphatic carbocycles. The number of nitrogens with one attached hydrogen (secondary N) is 1. The Kier molecular flexibility index (Phi) is 3.91. The minimum atomic E-state index is 0.542. The highest BCUT2D eigenvalue weighted by molar-refractivity contribution is 7.15. The molecule has 0 atom stereocenters. The van der Waals surface area contributed by atoms with Gasteiger partial charge in [-0.3, -0.25) is 0 Å². The molecule has 0 saturated carbocycles. The number of hydrogen-bond donors (Lipinski definition) is 1. The van der Waals surface area contributed by atoms with Crippen LogP contribution in [0, 0.1) is 0 Å². The monoisotopic (exact) mass is 325 g/mol. The van der Waals surface area contributed by atoms with Crippen LogP contribution in [-0.2, 0) is 6.54 Å². The summed E-state index contributed by atoms with van der Waals surface area (Å²) in [5.41, 5.74) is 1.74. The number of rotatable bonds is 4. The fourth-order valence-electron chi connectivity index (χ4n) is 1.73. The van der Waals surface area contributed by atoms with Gasteiger partial charge in [-0.15, -0.1) is 11.3 Å². The van der Waals surface area contributed by atoms with Crippen LogP contribution in [0.1, 0.15) is 4.88 Å². The molecule has 0 saturated heterocycles. The van der Waals surface area contributed by atoms with E-state index in [4.69, 9.17) is 27.6 Å². The summed E-state index contributed by atoms with van der Waals surface area (Å²) in [7, 11) is 0. The lowest BCUT2D eigenvalue weighted by molar-refractivity contribution is 0.572. The van der Waals surface area contributed by atoms with E-state index in [1.165, 1.54) is 17.7 Å². The molecule has 1 N–H and O–H groups in total. The van der Waals surface area contributed by atoms with E-state index in [-0.39, 0.29) is 0 Å². The third-order valence-electron chi connectivity index (χ3n) is 2.66. The van der Waals surface area contributed by atoms with Crippen molar-refractivity contribution in [2.75, 3.05) is 5.32 Å². The first-order valence-electron chi connectivity index (χ1n) is 5.75. The predicted molar refractivity (Wildman–Crippen MR) is 81.4 cm³/mol. The van der Waals surface area contributed by atoms with Crippen LogP contribution in [0.2, 0.25) is 9.49 Å². The van der Waals surface area contributed by atoms with E-state index in [1.807, 2.05) is 18.2 Å². The van der Waals surface area contributed by atoms with Gasteiger partial charge in [0.15, 0.2) is 16.6 Å². The number of hydrogen-bond acceptors (Lipinski definition) is 5. The molecule has 0 spiro atoms. The molecule has 1 aromatic carbocycles. The van der Waals surface area contributed by atoms with Gasteiger partial charge in [0.1, 0.15) is 0 Å². The Morgan fingerprint density at radius 2 is 2.15 bits per heavy atom. The van der Waals surface area contributed by atoms with Crippen molar-refractivity contribution >= 4 is 40.2 Å². The first kappa shape index (κ1) is 13.4. The lowest BCUT2D eigenvalue weighted by Gasteiger charge is -2.07. The van der Waals surface area contributed by atoms with Crippen LogP contribution in [0.15, 0.2) is 41.4 Å². The summed E-state index contributed by atoms with van der Waals surface area (Å²) in [5.74, 6) is 0.638. The summed E-state index contributed by atoms with van der Waals surface area (Å²) >= 11 is 13.4. The van der Waals surface area contributed by atoms with Crippen molar-refractivity contribution in [3.8, 4) is 11.3 Å². The average molecular weight is 326 g/mol. The topological polar surface area (TPSA) is 51.0 Å². The largest absolute Gasteiger partial charge is 0.443 e. The fourth-order valence-corrected chi connectivity index (χ4v) is 2.86. The highest BCUT2D eigenvalue weighted by atomic mass is 35.5. The zero-order chi connectivity index (χ0) is 13.9.